The summed E-state index contributed by atoms with van der Waals surface area (Å²) >= 11 is 0. The van der Waals surface area contributed by atoms with E-state index in [2.05, 4.69) is 0 Å². The van der Waals surface area contributed by atoms with Crippen LogP contribution >= 0.6 is 0 Å². The van der Waals surface area contributed by atoms with E-state index in [1.165, 1.54) is 27.2 Å². The lowest BCUT2D eigenvalue weighted by atomic mass is 9.69. The number of carbonyl (C=O) groups excluding carboxylic acids is 4. The first-order chi connectivity index (χ1) is 20.2. The van der Waals surface area contributed by atoms with Crippen molar-refractivity contribution in [2.75, 3.05) is 14.2 Å². The maximum atomic E-state index is 13.9. The van der Waals surface area contributed by atoms with Crippen LogP contribution in [0.3, 0.4) is 0 Å². The number of ketones is 4. The van der Waals surface area contributed by atoms with Crippen LogP contribution in [0.1, 0.15) is 77.9 Å². The Kier molecular flexibility index (Phi) is 6.05. The van der Waals surface area contributed by atoms with Crippen LogP contribution in [0.4, 0.5) is 0 Å². The van der Waals surface area contributed by atoms with Crippen molar-refractivity contribution in [3.8, 4) is 39.9 Å². The molecule has 220 valence electrons. The third kappa shape index (κ3) is 3.68. The van der Waals surface area contributed by atoms with Gasteiger partial charge >= 0.3 is 0 Å². The lowest BCUT2D eigenvalue weighted by Gasteiger charge is -2.38. The van der Waals surface area contributed by atoms with Gasteiger partial charge in [0.1, 0.15) is 28.7 Å². The average Bonchev–Trinajstić information content (AvgIpc) is 2.95. The van der Waals surface area contributed by atoms with E-state index in [0.29, 0.717) is 5.56 Å². The highest BCUT2D eigenvalue weighted by atomic mass is 16.5. The second kappa shape index (κ2) is 9.25. The number of hydrogen-bond acceptors (Lipinski definition) is 11. The zero-order valence-corrected chi connectivity index (χ0v) is 23.5. The Morgan fingerprint density at radius 1 is 0.698 bits per heavy atom. The number of ether oxygens (including phenoxy) is 2. The molecule has 0 aliphatic heterocycles. The number of carbonyl (C=O) groups is 4. The zero-order valence-electron chi connectivity index (χ0n) is 23.5. The third-order valence-electron chi connectivity index (χ3n) is 8.47. The number of aromatic hydroxyl groups is 3. The molecule has 0 fully saturated rings. The molecule has 11 heteroatoms. The number of methoxy groups -OCH3 is 2. The molecule has 3 aromatic carbocycles. The van der Waals surface area contributed by atoms with Crippen molar-refractivity contribution >= 4 is 23.1 Å². The summed E-state index contributed by atoms with van der Waals surface area (Å²) in [6.45, 7) is 2.91. The monoisotopic (exact) mass is 586 g/mol. The highest BCUT2D eigenvalue weighted by Gasteiger charge is 2.49. The number of benzene rings is 3. The van der Waals surface area contributed by atoms with E-state index in [1.807, 2.05) is 0 Å². The van der Waals surface area contributed by atoms with Crippen LogP contribution in [0.15, 0.2) is 35.4 Å². The van der Waals surface area contributed by atoms with Crippen LogP contribution in [-0.2, 0) is 0 Å². The Balaban J connectivity index is 1.64. The summed E-state index contributed by atoms with van der Waals surface area (Å²) in [5.41, 5.74) is -3.78. The molecule has 3 aliphatic carbocycles. The number of Topliss-reactive ketones (excluding diaryl/α,β-unsaturated/α-hetero) is 2. The number of aliphatic hydroxyl groups excluding tert-OH is 1. The third-order valence-corrected chi connectivity index (χ3v) is 8.47. The number of rotatable bonds is 3. The van der Waals surface area contributed by atoms with E-state index in [-0.39, 0.29) is 80.2 Å². The molecule has 0 radical (unpaired) electrons. The van der Waals surface area contributed by atoms with E-state index in [0.717, 1.165) is 18.2 Å². The van der Waals surface area contributed by atoms with Crippen molar-refractivity contribution in [2.45, 2.75) is 38.4 Å². The van der Waals surface area contributed by atoms with Crippen molar-refractivity contribution in [3.05, 3.63) is 74.4 Å². The minimum Gasteiger partial charge on any atom is -0.508 e. The molecule has 0 bridgehead atoms. The number of hydrogen-bond donors (Lipinski definition) is 5. The predicted molar refractivity (Wildman–Crippen MR) is 150 cm³/mol. The molecule has 6 rings (SSSR count). The molecule has 0 unspecified atom stereocenters. The van der Waals surface area contributed by atoms with E-state index >= 15 is 0 Å². The van der Waals surface area contributed by atoms with Gasteiger partial charge in [0.25, 0.3) is 0 Å². The molecule has 11 nitrogen and oxygen atoms in total. The molecule has 0 heterocycles. The van der Waals surface area contributed by atoms with E-state index in [4.69, 9.17) is 9.47 Å². The maximum absolute atomic E-state index is 13.9. The van der Waals surface area contributed by atoms with Crippen molar-refractivity contribution in [1.82, 2.24) is 0 Å². The summed E-state index contributed by atoms with van der Waals surface area (Å²) in [7, 11) is 2.42. The quantitative estimate of drug-likeness (QED) is 0.237. The largest absolute Gasteiger partial charge is 0.508 e. The molecular weight excluding hydrogens is 560 g/mol. The van der Waals surface area contributed by atoms with Gasteiger partial charge in [-0.3, -0.25) is 19.2 Å². The van der Waals surface area contributed by atoms with Crippen LogP contribution in [0, 0.1) is 6.92 Å². The predicted octanol–water partition coefficient (Wildman–Crippen LogP) is 3.15. The standard InChI is InChI=1S/C32H26O11/c1-11-7-12-13(8-17(11)34)27(38)23-20(26(12)37)18(35)9-14(30(23)42-3)15-10-19(36)21-24(31(15)43-4)29(40)25-22(28(21)39)16(33)5-6-32(25,2)41/h7-10,16,33-36,41H,5-6H2,1-4H3/t16-,32+/m0/s1. The molecule has 3 aliphatic rings. The summed E-state index contributed by atoms with van der Waals surface area (Å²) in [6, 6.07) is 4.71. The van der Waals surface area contributed by atoms with Gasteiger partial charge in [0.15, 0.2) is 23.1 Å². The van der Waals surface area contributed by atoms with Gasteiger partial charge in [-0.05, 0) is 56.5 Å². The Morgan fingerprint density at radius 2 is 1.16 bits per heavy atom. The normalized spacial score (nSPS) is 20.8. The Hall–Kier alpha value is -5.00. The van der Waals surface area contributed by atoms with Gasteiger partial charge in [-0.15, -0.1) is 0 Å². The van der Waals surface area contributed by atoms with E-state index < -0.39 is 51.9 Å². The van der Waals surface area contributed by atoms with Crippen molar-refractivity contribution in [1.29, 1.82) is 0 Å². The van der Waals surface area contributed by atoms with Gasteiger partial charge in [-0.25, -0.2) is 0 Å². The molecule has 2 atom stereocenters. The highest BCUT2D eigenvalue weighted by Crippen LogP contribution is 2.52. The fourth-order valence-electron chi connectivity index (χ4n) is 6.40. The topological polar surface area (TPSA) is 188 Å². The molecule has 0 spiro atoms. The molecular formula is C32H26O11. The van der Waals surface area contributed by atoms with Gasteiger partial charge in [0.2, 0.25) is 0 Å². The molecule has 0 saturated heterocycles. The average molecular weight is 587 g/mol. The van der Waals surface area contributed by atoms with E-state index in [1.54, 1.807) is 6.92 Å². The fourth-order valence-corrected chi connectivity index (χ4v) is 6.40. The van der Waals surface area contributed by atoms with Crippen molar-refractivity contribution in [2.24, 2.45) is 0 Å². The maximum Gasteiger partial charge on any atom is 0.198 e. The second-order valence-corrected chi connectivity index (χ2v) is 11.1. The summed E-state index contributed by atoms with van der Waals surface area (Å²) in [5, 5.41) is 54.1. The molecule has 5 N–H and O–H groups in total. The molecule has 0 aromatic heterocycles. The molecule has 3 aromatic rings. The van der Waals surface area contributed by atoms with Gasteiger partial charge < -0.3 is 35.0 Å². The molecule has 0 amide bonds. The second-order valence-electron chi connectivity index (χ2n) is 11.1. The summed E-state index contributed by atoms with van der Waals surface area (Å²) in [5.74, 6) is -5.06. The molecule has 0 saturated carbocycles. The first-order valence-corrected chi connectivity index (χ1v) is 13.3. The number of aliphatic hydroxyl groups is 2. The fraction of sp³-hybridized carbons (Fsp3) is 0.250. The lowest BCUT2D eigenvalue weighted by molar-refractivity contribution is 0.0432. The van der Waals surface area contributed by atoms with Crippen LogP contribution in [0.25, 0.3) is 11.1 Å². The van der Waals surface area contributed by atoms with Gasteiger partial charge in [-0.1, -0.05) is 0 Å². The zero-order chi connectivity index (χ0) is 31.3. The minimum atomic E-state index is -1.76. The van der Waals surface area contributed by atoms with Crippen LogP contribution in [-0.4, -0.2) is 74.6 Å². The number of fused-ring (bicyclic) bond motifs is 3. The van der Waals surface area contributed by atoms with Crippen LogP contribution in [0.2, 0.25) is 0 Å². The Bertz CT molecular complexity index is 1890. The SMILES string of the molecule is COc1c(-c2cc(O)c3c(c2OC)C(=O)c2cc(O)c(C)cc2C3=O)cc(O)c2c1C(=O)C1=C(C2=O)[C@@H](O)CC[C@@]1(C)O. The van der Waals surface area contributed by atoms with Crippen molar-refractivity contribution < 1.29 is 54.2 Å². The summed E-state index contributed by atoms with van der Waals surface area (Å²) in [4.78, 5) is 54.8. The highest BCUT2D eigenvalue weighted by molar-refractivity contribution is 6.32. The lowest BCUT2D eigenvalue weighted by Crippen LogP contribution is -2.44. The number of phenols is 3. The minimum absolute atomic E-state index is 0.00540. The van der Waals surface area contributed by atoms with Crippen molar-refractivity contribution in [3.63, 3.8) is 0 Å². The van der Waals surface area contributed by atoms with Gasteiger partial charge in [-0.2, -0.15) is 0 Å². The van der Waals surface area contributed by atoms with Crippen LogP contribution < -0.4 is 9.47 Å². The van der Waals surface area contributed by atoms with Gasteiger partial charge in [0.05, 0.1) is 48.2 Å². The summed E-state index contributed by atoms with van der Waals surface area (Å²) in [6.07, 6.45) is -1.32. The van der Waals surface area contributed by atoms with E-state index in [9.17, 15) is 44.7 Å². The smallest absolute Gasteiger partial charge is 0.198 e. The van der Waals surface area contributed by atoms with Crippen LogP contribution in [0.5, 0.6) is 28.7 Å². The number of phenolic OH excluding ortho intramolecular Hbond substituents is 3. The summed E-state index contributed by atoms with van der Waals surface area (Å²) < 4.78 is 11.2. The Labute approximate surface area is 244 Å². The molecule has 43 heavy (non-hydrogen) atoms. The first kappa shape index (κ1) is 28.1. The first-order valence-electron chi connectivity index (χ1n) is 13.3. The van der Waals surface area contributed by atoms with Gasteiger partial charge in [0, 0.05) is 33.4 Å². The Morgan fingerprint density at radius 3 is 1.72 bits per heavy atom. The number of aryl methyl sites for hydroxylation is 1.